The molecule has 2 rings (SSSR count). The van der Waals surface area contributed by atoms with Crippen molar-refractivity contribution in [1.82, 2.24) is 0 Å². The third kappa shape index (κ3) is 1.24. The molecular weight excluding hydrogens is 144 g/mol. The van der Waals surface area contributed by atoms with Gasteiger partial charge < -0.3 is 0 Å². The van der Waals surface area contributed by atoms with Crippen molar-refractivity contribution >= 4 is 0 Å². The molecule has 0 spiro atoms. The average Bonchev–Trinajstić information content (AvgIpc) is 2.59. The highest BCUT2D eigenvalue weighted by molar-refractivity contribution is 5.20. The van der Waals surface area contributed by atoms with Gasteiger partial charge in [-0.05, 0) is 51.4 Å². The van der Waals surface area contributed by atoms with Gasteiger partial charge in [0.15, 0.2) is 0 Å². The first-order valence-electron chi connectivity index (χ1n) is 5.11. The molecule has 0 heterocycles. The number of fused-ring (bicyclic) bond motifs is 1. The second-order valence-corrected chi connectivity index (χ2v) is 4.23. The fraction of sp³-hybridized carbons (Fsp3) is 0.667. The van der Waals surface area contributed by atoms with Crippen molar-refractivity contribution in [2.75, 3.05) is 0 Å². The third-order valence-corrected chi connectivity index (χ3v) is 3.58. The van der Waals surface area contributed by atoms with Crippen molar-refractivity contribution in [3.63, 3.8) is 0 Å². The van der Waals surface area contributed by atoms with Crippen LogP contribution in [0.4, 0.5) is 0 Å². The fourth-order valence-electron chi connectivity index (χ4n) is 2.80. The van der Waals surface area contributed by atoms with E-state index in [2.05, 4.69) is 26.0 Å². The van der Waals surface area contributed by atoms with Crippen LogP contribution >= 0.6 is 0 Å². The summed E-state index contributed by atoms with van der Waals surface area (Å²) in [6.45, 7) is 4.37. The molecule has 0 saturated heterocycles. The Morgan fingerprint density at radius 3 is 1.42 bits per heavy atom. The molecule has 0 N–H and O–H groups in total. The molecule has 0 atom stereocenters. The van der Waals surface area contributed by atoms with Crippen LogP contribution in [-0.2, 0) is 0 Å². The van der Waals surface area contributed by atoms with E-state index in [1.807, 2.05) is 0 Å². The lowest BCUT2D eigenvalue weighted by Gasteiger charge is -2.03. The Balaban J connectivity index is 2.07. The summed E-state index contributed by atoms with van der Waals surface area (Å²) in [5, 5.41) is 0. The number of hydrogen-bond donors (Lipinski definition) is 0. The zero-order chi connectivity index (χ0) is 8.55. The van der Waals surface area contributed by atoms with Gasteiger partial charge in [-0.2, -0.15) is 0 Å². The molecule has 12 heavy (non-hydrogen) atoms. The minimum atomic E-state index is 1.00. The highest BCUT2D eigenvalue weighted by Crippen LogP contribution is 2.48. The molecule has 0 aromatic heterocycles. The van der Waals surface area contributed by atoms with Gasteiger partial charge in [0.25, 0.3) is 0 Å². The van der Waals surface area contributed by atoms with Gasteiger partial charge in [0.05, 0.1) is 0 Å². The van der Waals surface area contributed by atoms with Gasteiger partial charge in [-0.25, -0.2) is 0 Å². The van der Waals surface area contributed by atoms with E-state index in [0.717, 1.165) is 11.8 Å². The van der Waals surface area contributed by atoms with Crippen molar-refractivity contribution in [2.45, 2.75) is 39.5 Å². The van der Waals surface area contributed by atoms with E-state index in [1.165, 1.54) is 25.7 Å². The zero-order valence-corrected chi connectivity index (χ0v) is 8.14. The van der Waals surface area contributed by atoms with Gasteiger partial charge in [-0.15, -0.1) is 0 Å². The Hall–Kier alpha value is -0.520. The molecule has 0 heteroatoms. The van der Waals surface area contributed by atoms with Crippen LogP contribution in [0.25, 0.3) is 0 Å². The summed E-state index contributed by atoms with van der Waals surface area (Å²) in [5.41, 5.74) is 3.42. The van der Waals surface area contributed by atoms with Crippen LogP contribution in [0, 0.1) is 11.8 Å². The molecule has 66 valence electrons. The Kier molecular flexibility index (Phi) is 2.08. The Morgan fingerprint density at radius 2 is 1.17 bits per heavy atom. The van der Waals surface area contributed by atoms with Crippen molar-refractivity contribution < 1.29 is 0 Å². The molecule has 0 aromatic carbocycles. The van der Waals surface area contributed by atoms with Gasteiger partial charge >= 0.3 is 0 Å². The normalized spacial score (nSPS) is 33.8. The van der Waals surface area contributed by atoms with E-state index in [0.29, 0.717) is 0 Å². The van der Waals surface area contributed by atoms with Crippen LogP contribution in [0.2, 0.25) is 0 Å². The minimum Gasteiger partial charge on any atom is -0.0884 e. The van der Waals surface area contributed by atoms with Gasteiger partial charge in [0.1, 0.15) is 0 Å². The van der Waals surface area contributed by atoms with Gasteiger partial charge in [0.2, 0.25) is 0 Å². The van der Waals surface area contributed by atoms with E-state index in [-0.39, 0.29) is 0 Å². The highest BCUT2D eigenvalue weighted by atomic mass is 14.4. The van der Waals surface area contributed by atoms with E-state index < -0.39 is 0 Å². The number of allylic oxidation sites excluding steroid dienone is 4. The first-order valence-corrected chi connectivity index (χ1v) is 5.11. The van der Waals surface area contributed by atoms with Crippen molar-refractivity contribution in [3.05, 3.63) is 23.3 Å². The van der Waals surface area contributed by atoms with Crippen molar-refractivity contribution in [3.8, 4) is 0 Å². The lowest BCUT2D eigenvalue weighted by molar-refractivity contribution is 0.457. The SMILES string of the molecule is CC=C1CC2CC(=CC)CC2C1. The van der Waals surface area contributed by atoms with Crippen LogP contribution in [0.5, 0.6) is 0 Å². The number of hydrogen-bond acceptors (Lipinski definition) is 0. The van der Waals surface area contributed by atoms with E-state index in [9.17, 15) is 0 Å². The molecule has 0 nitrogen and oxygen atoms in total. The van der Waals surface area contributed by atoms with Crippen LogP contribution < -0.4 is 0 Å². The van der Waals surface area contributed by atoms with Crippen molar-refractivity contribution in [2.24, 2.45) is 11.8 Å². The molecule has 0 amide bonds. The van der Waals surface area contributed by atoms with Gasteiger partial charge in [-0.1, -0.05) is 23.3 Å². The Morgan fingerprint density at radius 1 is 0.833 bits per heavy atom. The van der Waals surface area contributed by atoms with E-state index in [1.54, 1.807) is 11.1 Å². The molecule has 0 unspecified atom stereocenters. The largest absolute Gasteiger partial charge is 0.0884 e. The Labute approximate surface area is 75.4 Å². The predicted molar refractivity (Wildman–Crippen MR) is 53.0 cm³/mol. The standard InChI is InChI=1S/C12H18/c1-3-9-5-11-7-10(4-2)8-12(11)6-9/h3-4,11-12H,5-8H2,1-2H3. The topological polar surface area (TPSA) is 0 Å². The summed E-state index contributed by atoms with van der Waals surface area (Å²) in [5.74, 6) is 2.00. The van der Waals surface area contributed by atoms with Crippen LogP contribution in [-0.4, -0.2) is 0 Å². The molecule has 0 aliphatic heterocycles. The maximum atomic E-state index is 2.33. The molecule has 2 fully saturated rings. The smallest absolute Gasteiger partial charge is 0.0286 e. The average molecular weight is 162 g/mol. The molecule has 0 bridgehead atoms. The molecule has 0 aromatic rings. The van der Waals surface area contributed by atoms with Crippen LogP contribution in [0.1, 0.15) is 39.5 Å². The lowest BCUT2D eigenvalue weighted by atomic mass is 10.0. The summed E-state index contributed by atoms with van der Waals surface area (Å²) >= 11 is 0. The zero-order valence-electron chi connectivity index (χ0n) is 8.14. The molecule has 0 radical (unpaired) electrons. The van der Waals surface area contributed by atoms with Gasteiger partial charge in [0, 0.05) is 0 Å². The maximum absolute atomic E-state index is 2.33. The van der Waals surface area contributed by atoms with E-state index >= 15 is 0 Å². The van der Waals surface area contributed by atoms with Gasteiger partial charge in [-0.3, -0.25) is 0 Å². The molecule has 2 saturated carbocycles. The van der Waals surface area contributed by atoms with Crippen molar-refractivity contribution in [1.29, 1.82) is 0 Å². The quantitative estimate of drug-likeness (QED) is 0.476. The third-order valence-electron chi connectivity index (χ3n) is 3.58. The molecule has 2 aliphatic rings. The number of rotatable bonds is 0. The summed E-state index contributed by atoms with van der Waals surface area (Å²) in [7, 11) is 0. The van der Waals surface area contributed by atoms with Crippen LogP contribution in [0.15, 0.2) is 23.3 Å². The lowest BCUT2D eigenvalue weighted by Crippen LogP contribution is -1.95. The summed E-state index contributed by atoms with van der Waals surface area (Å²) < 4.78 is 0. The maximum Gasteiger partial charge on any atom is -0.0286 e. The fourth-order valence-corrected chi connectivity index (χ4v) is 2.80. The predicted octanol–water partition coefficient (Wildman–Crippen LogP) is 3.70. The second kappa shape index (κ2) is 3.08. The monoisotopic (exact) mass is 162 g/mol. The van der Waals surface area contributed by atoms with Crippen LogP contribution in [0.3, 0.4) is 0 Å². The van der Waals surface area contributed by atoms with E-state index in [4.69, 9.17) is 0 Å². The first-order chi connectivity index (χ1) is 5.83. The summed E-state index contributed by atoms with van der Waals surface area (Å²) in [4.78, 5) is 0. The second-order valence-electron chi connectivity index (χ2n) is 4.23. The summed E-state index contributed by atoms with van der Waals surface area (Å²) in [6.07, 6.45) is 10.2. The minimum absolute atomic E-state index is 1.00. The first kappa shape index (κ1) is 8.10. The molecular formula is C12H18. The Bertz CT molecular complexity index is 190. The highest BCUT2D eigenvalue weighted by Gasteiger charge is 2.35. The molecule has 2 aliphatic carbocycles. The summed E-state index contributed by atoms with van der Waals surface area (Å²) in [6, 6.07) is 0.